The van der Waals surface area contributed by atoms with Gasteiger partial charge >= 0.3 is 0 Å². The Kier molecular flexibility index (Phi) is 10.1. The molecule has 0 aliphatic heterocycles. The number of rotatable bonds is 10. The number of hydrogen-bond acceptors (Lipinski definition) is 4. The lowest BCUT2D eigenvalue weighted by Gasteiger charge is -2.26. The lowest BCUT2D eigenvalue weighted by Crippen LogP contribution is -2.45. The molecule has 0 fully saturated rings. The Hall–Kier alpha value is -1.79. The quantitative estimate of drug-likeness (QED) is 0.338. The molecule has 1 rings (SSSR count). The molecule has 0 saturated heterocycles. The van der Waals surface area contributed by atoms with E-state index in [0.717, 1.165) is 37.5 Å². The highest BCUT2D eigenvalue weighted by Crippen LogP contribution is 2.18. The summed E-state index contributed by atoms with van der Waals surface area (Å²) in [6.07, 6.45) is 0.442. The molecule has 0 saturated carbocycles. The molecular formula is C20H35N3O3. The molecule has 148 valence electrons. The predicted molar refractivity (Wildman–Crippen MR) is 107 cm³/mol. The van der Waals surface area contributed by atoms with Crippen LogP contribution < -0.4 is 15.4 Å². The van der Waals surface area contributed by atoms with Gasteiger partial charge in [0.1, 0.15) is 5.75 Å². The van der Waals surface area contributed by atoms with Crippen molar-refractivity contribution in [2.45, 2.75) is 46.8 Å². The third kappa shape index (κ3) is 9.06. The number of guanidine groups is 1. The molecule has 1 aromatic rings. The van der Waals surface area contributed by atoms with Crippen molar-refractivity contribution in [3.63, 3.8) is 0 Å². The molecule has 0 heterocycles. The number of ether oxygens (including phenoxy) is 2. The number of aliphatic hydroxyl groups excluding tert-OH is 1. The Morgan fingerprint density at radius 2 is 1.88 bits per heavy atom. The zero-order valence-electron chi connectivity index (χ0n) is 16.8. The Labute approximate surface area is 158 Å². The molecule has 1 aromatic carbocycles. The lowest BCUT2D eigenvalue weighted by atomic mass is 9.89. The van der Waals surface area contributed by atoms with Crippen LogP contribution in [0.15, 0.2) is 29.3 Å². The van der Waals surface area contributed by atoms with Crippen molar-refractivity contribution in [2.75, 3.05) is 33.4 Å². The molecule has 26 heavy (non-hydrogen) atoms. The van der Waals surface area contributed by atoms with Crippen molar-refractivity contribution in [3.8, 4) is 5.75 Å². The van der Waals surface area contributed by atoms with Gasteiger partial charge in [-0.15, -0.1) is 0 Å². The zero-order chi connectivity index (χ0) is 19.4. The fraction of sp³-hybridized carbons (Fsp3) is 0.650. The molecule has 0 bridgehead atoms. The predicted octanol–water partition coefficient (Wildman–Crippen LogP) is 2.56. The molecule has 0 aliphatic carbocycles. The van der Waals surface area contributed by atoms with Crippen molar-refractivity contribution in [1.29, 1.82) is 0 Å². The second kappa shape index (κ2) is 11.8. The molecule has 0 spiro atoms. The van der Waals surface area contributed by atoms with Crippen LogP contribution in [0.3, 0.4) is 0 Å². The van der Waals surface area contributed by atoms with E-state index in [4.69, 9.17) is 9.47 Å². The highest BCUT2D eigenvalue weighted by atomic mass is 16.5. The van der Waals surface area contributed by atoms with E-state index < -0.39 is 6.10 Å². The summed E-state index contributed by atoms with van der Waals surface area (Å²) < 4.78 is 10.5. The normalized spacial score (nSPS) is 13.4. The molecule has 0 radical (unpaired) electrons. The van der Waals surface area contributed by atoms with Gasteiger partial charge in [0.15, 0.2) is 5.96 Å². The number of nitrogens with one attached hydrogen (secondary N) is 2. The number of aliphatic hydroxyl groups is 1. The highest BCUT2D eigenvalue weighted by molar-refractivity contribution is 5.79. The first kappa shape index (κ1) is 22.3. The van der Waals surface area contributed by atoms with Gasteiger partial charge in [-0.05, 0) is 36.5 Å². The van der Waals surface area contributed by atoms with Crippen LogP contribution in [0.4, 0.5) is 0 Å². The van der Waals surface area contributed by atoms with Crippen LogP contribution in [0.25, 0.3) is 0 Å². The van der Waals surface area contributed by atoms with Gasteiger partial charge < -0.3 is 25.2 Å². The average molecular weight is 366 g/mol. The molecule has 6 nitrogen and oxygen atoms in total. The minimum atomic E-state index is -0.459. The number of nitrogens with zero attached hydrogens (tertiary/aromatic N) is 1. The molecule has 0 amide bonds. The van der Waals surface area contributed by atoms with E-state index in [2.05, 4.69) is 15.6 Å². The number of hydrogen-bond donors (Lipinski definition) is 3. The summed E-state index contributed by atoms with van der Waals surface area (Å²) in [7, 11) is 1.65. The first-order valence-electron chi connectivity index (χ1n) is 9.27. The molecular weight excluding hydrogens is 330 g/mol. The van der Waals surface area contributed by atoms with Gasteiger partial charge in [0.25, 0.3) is 0 Å². The van der Waals surface area contributed by atoms with E-state index in [1.165, 1.54) is 0 Å². The molecule has 0 aromatic heterocycles. The van der Waals surface area contributed by atoms with Gasteiger partial charge in [-0.3, -0.25) is 0 Å². The number of methoxy groups -OCH3 is 1. The Morgan fingerprint density at radius 1 is 1.19 bits per heavy atom. The number of aliphatic imine (C=N–C) groups is 1. The first-order chi connectivity index (χ1) is 12.4. The second-order valence-electron chi connectivity index (χ2n) is 7.25. The SMILES string of the molecule is CCOCCCNC(=NCc1ccc(OC)cc1)NCC(O)C(C)(C)C. The van der Waals surface area contributed by atoms with Crippen LogP contribution in [0.2, 0.25) is 0 Å². The fourth-order valence-electron chi connectivity index (χ4n) is 2.10. The summed E-state index contributed by atoms with van der Waals surface area (Å²) in [6.45, 7) is 11.3. The van der Waals surface area contributed by atoms with E-state index in [0.29, 0.717) is 19.0 Å². The maximum Gasteiger partial charge on any atom is 0.191 e. The molecule has 0 aliphatic rings. The molecule has 6 heteroatoms. The zero-order valence-corrected chi connectivity index (χ0v) is 16.8. The smallest absolute Gasteiger partial charge is 0.191 e. The van der Waals surface area contributed by atoms with Crippen LogP contribution in [0, 0.1) is 5.41 Å². The first-order valence-corrected chi connectivity index (χ1v) is 9.27. The standard InChI is InChI=1S/C20H35N3O3/c1-6-26-13-7-12-21-19(23-15-18(24)20(2,3)4)22-14-16-8-10-17(25-5)11-9-16/h8-11,18,24H,6-7,12-15H2,1-5H3,(H2,21,22,23). The average Bonchev–Trinajstić information content (AvgIpc) is 2.62. The highest BCUT2D eigenvalue weighted by Gasteiger charge is 2.21. The van der Waals surface area contributed by atoms with Gasteiger partial charge in [-0.25, -0.2) is 4.99 Å². The van der Waals surface area contributed by atoms with Crippen molar-refractivity contribution in [2.24, 2.45) is 10.4 Å². The van der Waals surface area contributed by atoms with Gasteiger partial charge in [-0.2, -0.15) is 0 Å². The van der Waals surface area contributed by atoms with Crippen LogP contribution >= 0.6 is 0 Å². The van der Waals surface area contributed by atoms with Crippen molar-refractivity contribution >= 4 is 5.96 Å². The van der Waals surface area contributed by atoms with E-state index in [1.807, 2.05) is 52.0 Å². The van der Waals surface area contributed by atoms with Gasteiger partial charge in [0.05, 0.1) is 19.8 Å². The van der Waals surface area contributed by atoms with Crippen LogP contribution in [0.5, 0.6) is 5.75 Å². The Bertz CT molecular complexity index is 524. The third-order valence-corrected chi connectivity index (χ3v) is 4.00. The van der Waals surface area contributed by atoms with Gasteiger partial charge in [-0.1, -0.05) is 32.9 Å². The van der Waals surface area contributed by atoms with Crippen molar-refractivity contribution in [1.82, 2.24) is 10.6 Å². The topological polar surface area (TPSA) is 75.1 Å². The summed E-state index contributed by atoms with van der Waals surface area (Å²) in [6, 6.07) is 7.85. The second-order valence-corrected chi connectivity index (χ2v) is 7.25. The lowest BCUT2D eigenvalue weighted by molar-refractivity contribution is 0.0668. The van der Waals surface area contributed by atoms with Crippen LogP contribution in [-0.4, -0.2) is 50.6 Å². The Balaban J connectivity index is 2.61. The Morgan fingerprint density at radius 3 is 2.46 bits per heavy atom. The van der Waals surface area contributed by atoms with Gasteiger partial charge in [0.2, 0.25) is 0 Å². The maximum absolute atomic E-state index is 10.2. The molecule has 3 N–H and O–H groups in total. The third-order valence-electron chi connectivity index (χ3n) is 4.00. The minimum Gasteiger partial charge on any atom is -0.497 e. The summed E-state index contributed by atoms with van der Waals surface area (Å²) in [5.41, 5.74) is 0.917. The summed E-state index contributed by atoms with van der Waals surface area (Å²) in [5, 5.41) is 16.8. The molecule has 1 unspecified atom stereocenters. The summed E-state index contributed by atoms with van der Waals surface area (Å²) in [5.74, 6) is 1.53. The van der Waals surface area contributed by atoms with Crippen molar-refractivity contribution in [3.05, 3.63) is 29.8 Å². The monoisotopic (exact) mass is 365 g/mol. The van der Waals surface area contributed by atoms with Crippen LogP contribution in [-0.2, 0) is 11.3 Å². The maximum atomic E-state index is 10.2. The van der Waals surface area contributed by atoms with E-state index in [-0.39, 0.29) is 5.41 Å². The van der Waals surface area contributed by atoms with Crippen molar-refractivity contribution < 1.29 is 14.6 Å². The summed E-state index contributed by atoms with van der Waals surface area (Å²) in [4.78, 5) is 4.62. The van der Waals surface area contributed by atoms with Crippen LogP contribution in [0.1, 0.15) is 39.7 Å². The van der Waals surface area contributed by atoms with E-state index >= 15 is 0 Å². The molecule has 1 atom stereocenters. The van der Waals surface area contributed by atoms with E-state index in [9.17, 15) is 5.11 Å². The summed E-state index contributed by atoms with van der Waals surface area (Å²) >= 11 is 0. The van der Waals surface area contributed by atoms with E-state index in [1.54, 1.807) is 7.11 Å². The minimum absolute atomic E-state index is 0.178. The largest absolute Gasteiger partial charge is 0.497 e. The van der Waals surface area contributed by atoms with Gasteiger partial charge in [0, 0.05) is 26.3 Å². The fourth-order valence-corrected chi connectivity index (χ4v) is 2.10. The number of benzene rings is 1.